The first-order valence-corrected chi connectivity index (χ1v) is 9.00. The summed E-state index contributed by atoms with van der Waals surface area (Å²) in [4.78, 5) is 38.3. The summed E-state index contributed by atoms with van der Waals surface area (Å²) < 4.78 is 2.51. The molecule has 1 N–H and O–H groups in total. The number of nitrogens with one attached hydrogen (secondary N) is 1. The maximum absolute atomic E-state index is 13.0. The molecule has 0 bridgehead atoms. The van der Waals surface area contributed by atoms with Crippen molar-refractivity contribution in [2.75, 3.05) is 5.32 Å². The average molecular weight is 376 g/mol. The first kappa shape index (κ1) is 19.1. The number of aromatic nitrogens is 2. The first-order valence-electron chi connectivity index (χ1n) is 9.00. The van der Waals surface area contributed by atoms with Gasteiger partial charge in [0.15, 0.2) is 0 Å². The highest BCUT2D eigenvalue weighted by molar-refractivity contribution is 5.91. The van der Waals surface area contributed by atoms with Gasteiger partial charge in [-0.25, -0.2) is 4.79 Å². The summed E-state index contributed by atoms with van der Waals surface area (Å²) in [7, 11) is 0. The van der Waals surface area contributed by atoms with E-state index >= 15 is 0 Å². The summed E-state index contributed by atoms with van der Waals surface area (Å²) >= 11 is 0. The number of carbonyl (C=O) groups excluding carboxylic acids is 1. The first-order chi connectivity index (χ1) is 13.5. The number of nitriles is 1. The van der Waals surface area contributed by atoms with Crippen LogP contribution in [0.25, 0.3) is 10.9 Å². The molecule has 0 saturated heterocycles. The van der Waals surface area contributed by atoms with E-state index in [0.29, 0.717) is 28.6 Å². The molecule has 0 aliphatic rings. The Morgan fingerprint density at radius 1 is 1.18 bits per heavy atom. The molecule has 0 saturated carbocycles. The highest BCUT2D eigenvalue weighted by Gasteiger charge is 2.18. The van der Waals surface area contributed by atoms with E-state index in [1.807, 2.05) is 13.0 Å². The number of carbonyl (C=O) groups is 1. The van der Waals surface area contributed by atoms with Gasteiger partial charge in [-0.2, -0.15) is 5.26 Å². The van der Waals surface area contributed by atoms with E-state index in [4.69, 9.17) is 5.26 Å². The smallest absolute Gasteiger partial charge is 0.324 e. The Kier molecular flexibility index (Phi) is 5.41. The third kappa shape index (κ3) is 3.58. The molecule has 1 amide bonds. The van der Waals surface area contributed by atoms with Crippen LogP contribution in [0, 0.1) is 11.3 Å². The van der Waals surface area contributed by atoms with Crippen LogP contribution in [0.4, 0.5) is 5.69 Å². The van der Waals surface area contributed by atoms with Gasteiger partial charge in [0.1, 0.15) is 6.54 Å². The minimum absolute atomic E-state index is 0.243. The fourth-order valence-electron chi connectivity index (χ4n) is 3.07. The molecule has 1 atom stereocenters. The topological polar surface area (TPSA) is 96.9 Å². The van der Waals surface area contributed by atoms with E-state index in [1.165, 1.54) is 9.13 Å². The third-order valence-electron chi connectivity index (χ3n) is 4.69. The summed E-state index contributed by atoms with van der Waals surface area (Å²) in [6, 6.07) is 15.0. The van der Waals surface area contributed by atoms with E-state index in [0.717, 1.165) is 0 Å². The molecule has 0 fully saturated rings. The van der Waals surface area contributed by atoms with Gasteiger partial charge in [0.05, 0.1) is 22.5 Å². The van der Waals surface area contributed by atoms with Crippen molar-refractivity contribution >= 4 is 22.5 Å². The number of benzene rings is 2. The minimum atomic E-state index is -0.515. The van der Waals surface area contributed by atoms with Crippen LogP contribution in [0.15, 0.2) is 58.1 Å². The van der Waals surface area contributed by atoms with Gasteiger partial charge in [0.25, 0.3) is 5.56 Å². The molecule has 0 spiro atoms. The number of amides is 1. The Hall–Kier alpha value is -3.66. The molecule has 1 heterocycles. The van der Waals surface area contributed by atoms with Gasteiger partial charge in [0.2, 0.25) is 5.91 Å². The van der Waals surface area contributed by atoms with Crippen LogP contribution < -0.4 is 16.6 Å². The average Bonchev–Trinajstić information content (AvgIpc) is 2.71. The van der Waals surface area contributed by atoms with E-state index < -0.39 is 11.6 Å². The maximum atomic E-state index is 13.0. The Balaban J connectivity index is 2.05. The van der Waals surface area contributed by atoms with Crippen molar-refractivity contribution in [1.29, 1.82) is 5.26 Å². The minimum Gasteiger partial charge on any atom is -0.324 e. The molecule has 0 aliphatic heterocycles. The lowest BCUT2D eigenvalue weighted by Gasteiger charge is -2.17. The molecule has 1 aromatic heterocycles. The Labute approximate surface area is 161 Å². The fourth-order valence-corrected chi connectivity index (χ4v) is 3.07. The predicted octanol–water partition coefficient (Wildman–Crippen LogP) is 2.64. The maximum Gasteiger partial charge on any atom is 0.332 e. The van der Waals surface area contributed by atoms with Gasteiger partial charge in [-0.1, -0.05) is 25.1 Å². The lowest BCUT2D eigenvalue weighted by molar-refractivity contribution is -0.116. The highest BCUT2D eigenvalue weighted by Crippen LogP contribution is 2.13. The van der Waals surface area contributed by atoms with E-state index in [-0.39, 0.29) is 18.1 Å². The normalized spacial score (nSPS) is 11.8. The summed E-state index contributed by atoms with van der Waals surface area (Å²) in [5, 5.41) is 12.1. The molecular formula is C21H20N4O3. The number of rotatable bonds is 5. The van der Waals surface area contributed by atoms with Gasteiger partial charge in [0, 0.05) is 11.7 Å². The van der Waals surface area contributed by atoms with Crippen LogP contribution in [0.3, 0.4) is 0 Å². The molecule has 7 heteroatoms. The van der Waals surface area contributed by atoms with E-state index in [1.54, 1.807) is 55.5 Å². The van der Waals surface area contributed by atoms with Crippen molar-refractivity contribution in [2.24, 2.45) is 0 Å². The van der Waals surface area contributed by atoms with E-state index in [9.17, 15) is 14.4 Å². The van der Waals surface area contributed by atoms with Crippen molar-refractivity contribution in [1.82, 2.24) is 9.13 Å². The SMILES string of the molecule is CC[C@H](C)n1c(=O)c2ccccc2n(CC(=O)Nc2cccc(C#N)c2)c1=O. The van der Waals surface area contributed by atoms with Crippen molar-refractivity contribution in [2.45, 2.75) is 32.9 Å². The van der Waals surface area contributed by atoms with Gasteiger partial charge >= 0.3 is 5.69 Å². The second kappa shape index (κ2) is 7.92. The number of fused-ring (bicyclic) bond motifs is 1. The lowest BCUT2D eigenvalue weighted by Crippen LogP contribution is -2.43. The van der Waals surface area contributed by atoms with Crippen LogP contribution in [-0.4, -0.2) is 15.0 Å². The summed E-state index contributed by atoms with van der Waals surface area (Å²) in [5.74, 6) is -0.420. The van der Waals surface area contributed by atoms with Crippen LogP contribution >= 0.6 is 0 Å². The Morgan fingerprint density at radius 3 is 2.64 bits per heavy atom. The lowest BCUT2D eigenvalue weighted by atomic mass is 10.2. The fraction of sp³-hybridized carbons (Fsp3) is 0.238. The van der Waals surface area contributed by atoms with Crippen LogP contribution in [-0.2, 0) is 11.3 Å². The number of nitrogens with zero attached hydrogens (tertiary/aromatic N) is 3. The molecular weight excluding hydrogens is 356 g/mol. The van der Waals surface area contributed by atoms with Crippen molar-refractivity contribution in [3.8, 4) is 6.07 Å². The summed E-state index contributed by atoms with van der Waals surface area (Å²) in [6.07, 6.45) is 0.612. The largest absolute Gasteiger partial charge is 0.332 e. The van der Waals surface area contributed by atoms with Crippen molar-refractivity contribution in [3.63, 3.8) is 0 Å². The third-order valence-corrected chi connectivity index (χ3v) is 4.69. The standard InChI is InChI=1S/C21H20N4O3/c1-3-14(2)25-20(27)17-9-4-5-10-18(17)24(21(25)28)13-19(26)23-16-8-6-7-15(11-16)12-22/h4-11,14H,3,13H2,1-2H3,(H,23,26)/t14-/m0/s1. The molecule has 142 valence electrons. The van der Waals surface area contributed by atoms with Crippen LogP contribution in [0.5, 0.6) is 0 Å². The molecule has 28 heavy (non-hydrogen) atoms. The molecule has 0 radical (unpaired) electrons. The molecule has 2 aromatic carbocycles. The van der Waals surface area contributed by atoms with Crippen LogP contribution in [0.1, 0.15) is 31.9 Å². The van der Waals surface area contributed by atoms with Gasteiger partial charge in [-0.05, 0) is 43.7 Å². The molecule has 0 aliphatic carbocycles. The Bertz CT molecular complexity index is 1200. The number of hydrogen-bond donors (Lipinski definition) is 1. The molecule has 0 unspecified atom stereocenters. The zero-order valence-electron chi connectivity index (χ0n) is 15.7. The quantitative estimate of drug-likeness (QED) is 0.740. The van der Waals surface area contributed by atoms with Crippen molar-refractivity contribution < 1.29 is 4.79 Å². The monoisotopic (exact) mass is 376 g/mol. The zero-order chi connectivity index (χ0) is 20.3. The predicted molar refractivity (Wildman–Crippen MR) is 107 cm³/mol. The highest BCUT2D eigenvalue weighted by atomic mass is 16.2. The van der Waals surface area contributed by atoms with Crippen LogP contribution in [0.2, 0.25) is 0 Å². The molecule has 3 aromatic rings. The number of hydrogen-bond acceptors (Lipinski definition) is 4. The number of para-hydroxylation sites is 1. The summed E-state index contributed by atoms with van der Waals surface area (Å²) in [6.45, 7) is 3.45. The zero-order valence-corrected chi connectivity index (χ0v) is 15.7. The van der Waals surface area contributed by atoms with Gasteiger partial charge < -0.3 is 5.32 Å². The van der Waals surface area contributed by atoms with Crippen molar-refractivity contribution in [3.05, 3.63) is 74.9 Å². The Morgan fingerprint density at radius 2 is 1.93 bits per heavy atom. The van der Waals surface area contributed by atoms with E-state index in [2.05, 4.69) is 5.32 Å². The second-order valence-electron chi connectivity index (χ2n) is 6.56. The van der Waals surface area contributed by atoms with Gasteiger partial charge in [-0.15, -0.1) is 0 Å². The second-order valence-corrected chi connectivity index (χ2v) is 6.56. The summed E-state index contributed by atoms with van der Waals surface area (Å²) in [5.41, 5.74) is 0.438. The molecule has 7 nitrogen and oxygen atoms in total. The van der Waals surface area contributed by atoms with Gasteiger partial charge in [-0.3, -0.25) is 18.7 Å². The number of anilines is 1. The molecule has 3 rings (SSSR count).